The molecule has 0 bridgehead atoms. The second kappa shape index (κ2) is 5.15. The average molecular weight is 227 g/mol. The molecule has 0 aromatic carbocycles. The highest BCUT2D eigenvalue weighted by Crippen LogP contribution is 2.16. The number of hydrogen-bond acceptors (Lipinski definition) is 3. The summed E-state index contributed by atoms with van der Waals surface area (Å²) in [5.41, 5.74) is -0.467. The zero-order chi connectivity index (χ0) is 12.3. The van der Waals surface area contributed by atoms with Crippen molar-refractivity contribution in [3.63, 3.8) is 0 Å². The van der Waals surface area contributed by atoms with Gasteiger partial charge in [-0.05, 0) is 47.3 Å². The Labute approximate surface area is 99.0 Å². The number of carbonyl (C=O) groups is 1. The largest absolute Gasteiger partial charge is 0.340 e. The minimum atomic E-state index is -0.467. The molecule has 1 heterocycles. The van der Waals surface area contributed by atoms with Crippen molar-refractivity contribution >= 4 is 5.91 Å². The maximum atomic E-state index is 12.2. The molecule has 1 fully saturated rings. The predicted octanol–water partition coefficient (Wildman–Crippen LogP) is 0.537. The third-order valence-electron chi connectivity index (χ3n) is 3.63. The van der Waals surface area contributed by atoms with E-state index in [0.717, 1.165) is 19.5 Å². The Bertz CT molecular complexity index is 253. The molecule has 1 amide bonds. The quantitative estimate of drug-likeness (QED) is 0.764. The number of likely N-dealkylation sites (N-methyl/N-ethyl adjacent to an activating group) is 3. The number of carbonyl (C=O) groups excluding carboxylic acids is 1. The van der Waals surface area contributed by atoms with E-state index in [2.05, 4.69) is 17.3 Å². The van der Waals surface area contributed by atoms with Crippen molar-refractivity contribution in [2.24, 2.45) is 0 Å². The first-order valence-electron chi connectivity index (χ1n) is 6.03. The Morgan fingerprint density at radius 3 is 2.62 bits per heavy atom. The van der Waals surface area contributed by atoms with Crippen LogP contribution in [0, 0.1) is 0 Å². The SMILES string of the molecule is CNC(C)(C)C(=O)N(C)C1CCCN(C)C1. The number of hydrogen-bond donors (Lipinski definition) is 1. The molecule has 4 nitrogen and oxygen atoms in total. The van der Waals surface area contributed by atoms with E-state index in [4.69, 9.17) is 0 Å². The molecular weight excluding hydrogens is 202 g/mol. The van der Waals surface area contributed by atoms with Crippen molar-refractivity contribution in [1.29, 1.82) is 0 Å². The minimum Gasteiger partial charge on any atom is -0.340 e. The van der Waals surface area contributed by atoms with E-state index in [1.54, 1.807) is 0 Å². The van der Waals surface area contributed by atoms with Gasteiger partial charge in [0, 0.05) is 19.6 Å². The summed E-state index contributed by atoms with van der Waals surface area (Å²) in [5.74, 6) is 0.176. The summed E-state index contributed by atoms with van der Waals surface area (Å²) >= 11 is 0. The van der Waals surface area contributed by atoms with Crippen molar-refractivity contribution in [3.8, 4) is 0 Å². The third-order valence-corrected chi connectivity index (χ3v) is 3.63. The van der Waals surface area contributed by atoms with E-state index in [1.807, 2.05) is 32.8 Å². The monoisotopic (exact) mass is 227 g/mol. The summed E-state index contributed by atoms with van der Waals surface area (Å²) in [4.78, 5) is 16.5. The number of nitrogens with one attached hydrogen (secondary N) is 1. The molecule has 1 unspecified atom stereocenters. The number of rotatable bonds is 3. The number of nitrogens with zero attached hydrogens (tertiary/aromatic N) is 2. The molecule has 1 aliphatic heterocycles. The van der Waals surface area contributed by atoms with Gasteiger partial charge in [-0.3, -0.25) is 4.79 Å². The van der Waals surface area contributed by atoms with Crippen LogP contribution in [-0.4, -0.2) is 61.5 Å². The first kappa shape index (κ1) is 13.5. The van der Waals surface area contributed by atoms with Crippen LogP contribution in [0.4, 0.5) is 0 Å². The molecule has 0 saturated carbocycles. The topological polar surface area (TPSA) is 35.6 Å². The van der Waals surface area contributed by atoms with Gasteiger partial charge in [-0.15, -0.1) is 0 Å². The third kappa shape index (κ3) is 2.95. The van der Waals surface area contributed by atoms with Gasteiger partial charge in [0.05, 0.1) is 5.54 Å². The minimum absolute atomic E-state index is 0.176. The molecule has 0 aromatic heterocycles. The van der Waals surface area contributed by atoms with Gasteiger partial charge < -0.3 is 15.1 Å². The lowest BCUT2D eigenvalue weighted by Gasteiger charge is -2.39. The van der Waals surface area contributed by atoms with Crippen LogP contribution in [0.25, 0.3) is 0 Å². The summed E-state index contributed by atoms with van der Waals surface area (Å²) < 4.78 is 0. The molecule has 16 heavy (non-hydrogen) atoms. The van der Waals surface area contributed by atoms with Gasteiger partial charge in [0.1, 0.15) is 0 Å². The van der Waals surface area contributed by atoms with Crippen LogP contribution in [0.2, 0.25) is 0 Å². The molecule has 0 spiro atoms. The lowest BCUT2D eigenvalue weighted by atomic mass is 9.99. The fourth-order valence-electron chi connectivity index (χ4n) is 2.17. The van der Waals surface area contributed by atoms with E-state index in [-0.39, 0.29) is 5.91 Å². The van der Waals surface area contributed by atoms with Gasteiger partial charge >= 0.3 is 0 Å². The van der Waals surface area contributed by atoms with Crippen LogP contribution >= 0.6 is 0 Å². The molecule has 1 saturated heterocycles. The smallest absolute Gasteiger partial charge is 0.242 e. The molecule has 0 aromatic rings. The summed E-state index contributed by atoms with van der Waals surface area (Å²) in [6.07, 6.45) is 2.30. The molecule has 0 aliphatic carbocycles. The average Bonchev–Trinajstić information content (AvgIpc) is 2.27. The molecular formula is C12H25N3O. The number of likely N-dealkylation sites (tertiary alicyclic amines) is 1. The predicted molar refractivity (Wildman–Crippen MR) is 66.4 cm³/mol. The first-order chi connectivity index (χ1) is 7.38. The Morgan fingerprint density at radius 1 is 1.50 bits per heavy atom. The second-order valence-corrected chi connectivity index (χ2v) is 5.35. The van der Waals surface area contributed by atoms with E-state index in [1.165, 1.54) is 6.42 Å². The van der Waals surface area contributed by atoms with Gasteiger partial charge in [0.15, 0.2) is 0 Å². The highest BCUT2D eigenvalue weighted by Gasteiger charge is 2.33. The van der Waals surface area contributed by atoms with E-state index >= 15 is 0 Å². The van der Waals surface area contributed by atoms with Gasteiger partial charge in [0.25, 0.3) is 0 Å². The molecule has 1 atom stereocenters. The summed E-state index contributed by atoms with van der Waals surface area (Å²) in [7, 11) is 5.87. The Hall–Kier alpha value is -0.610. The molecule has 94 valence electrons. The first-order valence-corrected chi connectivity index (χ1v) is 6.03. The summed E-state index contributed by atoms with van der Waals surface area (Å²) in [6, 6.07) is 0.360. The van der Waals surface area contributed by atoms with Crippen LogP contribution in [0.3, 0.4) is 0 Å². The maximum absolute atomic E-state index is 12.2. The van der Waals surface area contributed by atoms with E-state index < -0.39 is 5.54 Å². The lowest BCUT2D eigenvalue weighted by Crippen LogP contribution is -2.57. The van der Waals surface area contributed by atoms with Crippen LogP contribution in [0.15, 0.2) is 0 Å². The summed E-state index contributed by atoms with van der Waals surface area (Å²) in [5, 5.41) is 3.07. The number of amides is 1. The molecule has 1 N–H and O–H groups in total. The lowest BCUT2D eigenvalue weighted by molar-refractivity contribution is -0.138. The molecule has 4 heteroatoms. The fraction of sp³-hybridized carbons (Fsp3) is 0.917. The van der Waals surface area contributed by atoms with Crippen molar-refractivity contribution < 1.29 is 4.79 Å². The van der Waals surface area contributed by atoms with E-state index in [9.17, 15) is 4.79 Å². The normalized spacial score (nSPS) is 23.2. The highest BCUT2D eigenvalue weighted by atomic mass is 16.2. The van der Waals surface area contributed by atoms with Crippen molar-refractivity contribution in [2.75, 3.05) is 34.2 Å². The molecule has 0 radical (unpaired) electrons. The maximum Gasteiger partial charge on any atom is 0.242 e. The number of piperidine rings is 1. The molecule has 1 aliphatic rings. The van der Waals surface area contributed by atoms with Crippen LogP contribution < -0.4 is 5.32 Å². The van der Waals surface area contributed by atoms with Gasteiger partial charge in [-0.2, -0.15) is 0 Å². The van der Waals surface area contributed by atoms with Gasteiger partial charge in [0.2, 0.25) is 5.91 Å². The van der Waals surface area contributed by atoms with E-state index in [0.29, 0.717) is 6.04 Å². The second-order valence-electron chi connectivity index (χ2n) is 5.35. The summed E-state index contributed by atoms with van der Waals surface area (Å²) in [6.45, 7) is 5.99. The Balaban J connectivity index is 2.63. The van der Waals surface area contributed by atoms with Crippen molar-refractivity contribution in [2.45, 2.75) is 38.3 Å². The van der Waals surface area contributed by atoms with Gasteiger partial charge in [-0.1, -0.05) is 0 Å². The standard InChI is InChI=1S/C12H25N3O/c1-12(2,13-3)11(16)15(5)10-7-6-8-14(4)9-10/h10,13H,6-9H2,1-5H3. The van der Waals surface area contributed by atoms with Crippen LogP contribution in [-0.2, 0) is 4.79 Å². The fourth-order valence-corrected chi connectivity index (χ4v) is 2.17. The zero-order valence-corrected chi connectivity index (χ0v) is 11.2. The highest BCUT2D eigenvalue weighted by molar-refractivity contribution is 5.85. The van der Waals surface area contributed by atoms with Crippen molar-refractivity contribution in [1.82, 2.24) is 15.1 Å². The van der Waals surface area contributed by atoms with Crippen LogP contribution in [0.5, 0.6) is 0 Å². The van der Waals surface area contributed by atoms with Crippen molar-refractivity contribution in [3.05, 3.63) is 0 Å². The van der Waals surface area contributed by atoms with Gasteiger partial charge in [-0.25, -0.2) is 0 Å². The Morgan fingerprint density at radius 2 is 2.12 bits per heavy atom. The Kier molecular flexibility index (Phi) is 4.33. The zero-order valence-electron chi connectivity index (χ0n) is 11.2. The van der Waals surface area contributed by atoms with Crippen LogP contribution in [0.1, 0.15) is 26.7 Å². The molecule has 1 rings (SSSR count).